The first-order valence-corrected chi connectivity index (χ1v) is 3.14. The van der Waals surface area contributed by atoms with Gasteiger partial charge >= 0.3 is 0 Å². The predicted octanol–water partition coefficient (Wildman–Crippen LogP) is -1.29. The van der Waals surface area contributed by atoms with Crippen molar-refractivity contribution < 1.29 is 24.4 Å². The average Bonchev–Trinajstić information content (AvgIpc) is 1.85. The number of carboxylic acids is 2. The van der Waals surface area contributed by atoms with Gasteiger partial charge in [-0.3, -0.25) is 9.59 Å². The van der Waals surface area contributed by atoms with E-state index in [4.69, 9.17) is 14.8 Å². The third-order valence-electron chi connectivity index (χ3n) is 0.921. The van der Waals surface area contributed by atoms with Gasteiger partial charge in [-0.15, -0.1) is 0 Å². The van der Waals surface area contributed by atoms with Gasteiger partial charge in [0, 0.05) is 12.6 Å². The largest absolute Gasteiger partial charge is 0.503 e. The molecule has 0 saturated carbocycles. The van der Waals surface area contributed by atoms with Crippen LogP contribution in [0.3, 0.4) is 0 Å². The number of hydrogen-bond acceptors (Lipinski definition) is 3. The van der Waals surface area contributed by atoms with Crippen molar-refractivity contribution in [3.8, 4) is 0 Å². The normalized spacial score (nSPS) is 8.73. The van der Waals surface area contributed by atoms with Crippen LogP contribution in [0, 0.1) is 0 Å². The zero-order chi connectivity index (χ0) is 8.69. The molecule has 0 saturated heterocycles. The summed E-state index contributed by atoms with van der Waals surface area (Å²) in [5, 5.41) is 16.3. The van der Waals surface area contributed by atoms with Gasteiger partial charge in [-0.25, -0.2) is 0 Å². The standard InChI is InChI=1S/C4H8B2O5/c7-3(8)1-5-11-6-2-4(9)10/h5-6H,1-2H2,(H,7,8)(H,9,10). The Kier molecular flexibility index (Phi) is 5.28. The molecule has 0 bridgehead atoms. The Hall–Kier alpha value is -0.970. The molecule has 0 aliphatic carbocycles. The highest BCUT2D eigenvalue weighted by molar-refractivity contribution is 6.47. The van der Waals surface area contributed by atoms with Crippen LogP contribution < -0.4 is 0 Å². The van der Waals surface area contributed by atoms with Gasteiger partial charge in [-0.2, -0.15) is 0 Å². The molecule has 2 N–H and O–H groups in total. The summed E-state index contributed by atoms with van der Waals surface area (Å²) in [5.41, 5.74) is 0. The summed E-state index contributed by atoms with van der Waals surface area (Å²) in [6, 6.07) is 0. The molecule has 0 unspecified atom stereocenters. The van der Waals surface area contributed by atoms with E-state index in [1.807, 2.05) is 0 Å². The molecule has 11 heavy (non-hydrogen) atoms. The Bertz CT molecular complexity index is 131. The van der Waals surface area contributed by atoms with Crippen LogP contribution in [0.25, 0.3) is 0 Å². The molecule has 0 fully saturated rings. The van der Waals surface area contributed by atoms with Crippen LogP contribution in [-0.2, 0) is 14.2 Å². The first kappa shape index (κ1) is 10.0. The molecule has 0 heterocycles. The SMILES string of the molecule is O=C(O)CBOBCC(=O)O. The molecule has 0 aromatic carbocycles. The number of hydrogen-bond donors (Lipinski definition) is 2. The highest BCUT2D eigenvalue weighted by Gasteiger charge is 2.02. The fourth-order valence-electron chi connectivity index (χ4n) is 0.421. The van der Waals surface area contributed by atoms with Crippen molar-refractivity contribution >= 4 is 26.9 Å². The van der Waals surface area contributed by atoms with Gasteiger partial charge in [-0.1, -0.05) is 0 Å². The van der Waals surface area contributed by atoms with Crippen molar-refractivity contribution in [1.29, 1.82) is 0 Å². The molecule has 7 heteroatoms. The van der Waals surface area contributed by atoms with Crippen LogP contribution >= 0.6 is 0 Å². The Balaban J connectivity index is 3.03. The van der Waals surface area contributed by atoms with Gasteiger partial charge < -0.3 is 14.8 Å². The second-order valence-electron chi connectivity index (χ2n) is 1.90. The minimum Gasteiger partial charge on any atom is -0.503 e. The topological polar surface area (TPSA) is 83.8 Å². The molecule has 0 radical (unpaired) electrons. The van der Waals surface area contributed by atoms with Gasteiger partial charge in [0.2, 0.25) is 0 Å². The van der Waals surface area contributed by atoms with Gasteiger partial charge in [0.15, 0.2) is 0 Å². The Morgan fingerprint density at radius 3 is 1.73 bits per heavy atom. The molecular weight excluding hydrogens is 150 g/mol. The van der Waals surface area contributed by atoms with Crippen molar-refractivity contribution in [3.05, 3.63) is 0 Å². The van der Waals surface area contributed by atoms with Crippen molar-refractivity contribution in [3.63, 3.8) is 0 Å². The van der Waals surface area contributed by atoms with Crippen molar-refractivity contribution in [2.24, 2.45) is 0 Å². The minimum absolute atomic E-state index is 0.0720. The quantitative estimate of drug-likeness (QED) is 0.371. The highest BCUT2D eigenvalue weighted by atomic mass is 16.4. The van der Waals surface area contributed by atoms with Crippen LogP contribution in [0.4, 0.5) is 0 Å². The lowest BCUT2D eigenvalue weighted by molar-refractivity contribution is -0.135. The number of carbonyl (C=O) groups is 2. The lowest BCUT2D eigenvalue weighted by Crippen LogP contribution is -2.11. The fraction of sp³-hybridized carbons (Fsp3) is 0.500. The van der Waals surface area contributed by atoms with Gasteiger partial charge in [0.05, 0.1) is 0 Å². The first-order valence-electron chi connectivity index (χ1n) is 3.14. The Morgan fingerprint density at radius 2 is 1.45 bits per heavy atom. The summed E-state index contributed by atoms with van der Waals surface area (Å²) < 4.78 is 4.69. The van der Waals surface area contributed by atoms with Gasteiger partial charge in [0.25, 0.3) is 26.9 Å². The molecule has 0 spiro atoms. The van der Waals surface area contributed by atoms with Crippen molar-refractivity contribution in [2.75, 3.05) is 0 Å². The highest BCUT2D eigenvalue weighted by Crippen LogP contribution is 1.83. The molecule has 0 aliphatic heterocycles. The molecule has 0 rings (SSSR count). The monoisotopic (exact) mass is 158 g/mol. The van der Waals surface area contributed by atoms with Crippen LogP contribution in [0.5, 0.6) is 0 Å². The zero-order valence-corrected chi connectivity index (χ0v) is 5.95. The molecule has 0 aromatic rings. The summed E-state index contributed by atoms with van der Waals surface area (Å²) in [4.78, 5) is 19.8. The number of carboxylic acid groups (broad SMARTS) is 2. The summed E-state index contributed by atoms with van der Waals surface area (Å²) in [6.07, 6.45) is -0.167. The van der Waals surface area contributed by atoms with Crippen LogP contribution in [-0.4, -0.2) is 37.1 Å². The third-order valence-corrected chi connectivity index (χ3v) is 0.921. The Morgan fingerprint density at radius 1 is 1.09 bits per heavy atom. The minimum atomic E-state index is -0.944. The lowest BCUT2D eigenvalue weighted by atomic mass is 9.87. The molecule has 60 valence electrons. The second kappa shape index (κ2) is 5.79. The van der Waals surface area contributed by atoms with E-state index >= 15 is 0 Å². The third kappa shape index (κ3) is 9.03. The van der Waals surface area contributed by atoms with Crippen LogP contribution in [0.15, 0.2) is 0 Å². The molecule has 0 aliphatic rings. The van der Waals surface area contributed by atoms with E-state index in [2.05, 4.69) is 0 Å². The van der Waals surface area contributed by atoms with E-state index in [1.54, 1.807) is 0 Å². The van der Waals surface area contributed by atoms with Gasteiger partial charge in [-0.05, 0) is 0 Å². The van der Waals surface area contributed by atoms with Crippen molar-refractivity contribution in [1.82, 2.24) is 0 Å². The fourth-order valence-corrected chi connectivity index (χ4v) is 0.421. The van der Waals surface area contributed by atoms with E-state index in [-0.39, 0.29) is 27.6 Å². The van der Waals surface area contributed by atoms with E-state index < -0.39 is 11.9 Å². The second-order valence-corrected chi connectivity index (χ2v) is 1.90. The predicted molar refractivity (Wildman–Crippen MR) is 40.3 cm³/mol. The zero-order valence-electron chi connectivity index (χ0n) is 5.95. The molecule has 0 aromatic heterocycles. The van der Waals surface area contributed by atoms with Crippen LogP contribution in [0.1, 0.15) is 0 Å². The lowest BCUT2D eigenvalue weighted by Gasteiger charge is -1.95. The average molecular weight is 158 g/mol. The first-order chi connectivity index (χ1) is 5.13. The summed E-state index contributed by atoms with van der Waals surface area (Å²) in [7, 11) is 0.144. The maximum Gasteiger partial charge on any atom is 0.298 e. The maximum atomic E-state index is 9.90. The number of aliphatic carboxylic acids is 2. The van der Waals surface area contributed by atoms with Crippen molar-refractivity contribution in [2.45, 2.75) is 12.6 Å². The van der Waals surface area contributed by atoms with Gasteiger partial charge in [0.1, 0.15) is 0 Å². The molecule has 5 nitrogen and oxygen atoms in total. The van der Waals surface area contributed by atoms with E-state index in [0.29, 0.717) is 0 Å². The van der Waals surface area contributed by atoms with E-state index in [1.165, 1.54) is 0 Å². The Labute approximate surface area is 64.9 Å². The summed E-state index contributed by atoms with van der Waals surface area (Å²) >= 11 is 0. The van der Waals surface area contributed by atoms with E-state index in [9.17, 15) is 9.59 Å². The smallest absolute Gasteiger partial charge is 0.298 e. The van der Waals surface area contributed by atoms with E-state index in [0.717, 1.165) is 0 Å². The maximum absolute atomic E-state index is 9.90. The summed E-state index contributed by atoms with van der Waals surface area (Å²) in [5.74, 6) is -1.89. The van der Waals surface area contributed by atoms with Crippen LogP contribution in [0.2, 0.25) is 12.6 Å². The summed E-state index contributed by atoms with van der Waals surface area (Å²) in [6.45, 7) is 0. The molecule has 0 amide bonds. The molecule has 0 atom stereocenters. The number of rotatable bonds is 6. The molecular formula is C4H8B2O5.